The molecule has 0 N–H and O–H groups in total. The van der Waals surface area contributed by atoms with Gasteiger partial charge in [-0.1, -0.05) is 54.6 Å². The maximum absolute atomic E-state index is 10.8. The van der Waals surface area contributed by atoms with E-state index in [0.717, 1.165) is 31.2 Å². The Balaban J connectivity index is 2.09. The van der Waals surface area contributed by atoms with Crippen LogP contribution in [0.2, 0.25) is 0 Å². The maximum atomic E-state index is 10.8. The summed E-state index contributed by atoms with van der Waals surface area (Å²) >= 11 is 0. The summed E-state index contributed by atoms with van der Waals surface area (Å²) < 4.78 is 5.88. The molecule has 3 nitrogen and oxygen atoms in total. The fourth-order valence-corrected chi connectivity index (χ4v) is 3.43. The van der Waals surface area contributed by atoms with Gasteiger partial charge in [0.05, 0.1) is 6.10 Å². The fraction of sp³-hybridized carbons (Fsp3) is 0.318. The molecule has 130 valence electrons. The molecule has 3 rings (SSSR count). The Morgan fingerprint density at radius 3 is 2.56 bits per heavy atom. The molecule has 0 unspecified atom stereocenters. The van der Waals surface area contributed by atoms with Gasteiger partial charge in [0.25, 0.3) is 0 Å². The Morgan fingerprint density at radius 1 is 1.08 bits per heavy atom. The summed E-state index contributed by atoms with van der Waals surface area (Å²) in [7, 11) is 4.19. The highest BCUT2D eigenvalue weighted by Crippen LogP contribution is 2.39. The van der Waals surface area contributed by atoms with Gasteiger partial charge in [0.15, 0.2) is 0 Å². The average Bonchev–Trinajstić information content (AvgIpc) is 2.75. The molecule has 0 spiro atoms. The van der Waals surface area contributed by atoms with Crippen molar-refractivity contribution >= 4 is 11.9 Å². The number of rotatable bonds is 6. The Labute approximate surface area is 149 Å². The van der Waals surface area contributed by atoms with Gasteiger partial charge in [-0.3, -0.25) is 0 Å². The van der Waals surface area contributed by atoms with E-state index in [9.17, 15) is 4.79 Å². The Bertz CT molecular complexity index is 764. The fourth-order valence-electron chi connectivity index (χ4n) is 3.43. The van der Waals surface area contributed by atoms with Gasteiger partial charge in [-0.2, -0.15) is 0 Å². The highest BCUT2D eigenvalue weighted by Gasteiger charge is 2.25. The topological polar surface area (TPSA) is 29.5 Å². The number of aldehydes is 1. The molecule has 1 aliphatic rings. The number of carbonyl (C=O) groups excluding carboxylic acids is 1. The highest BCUT2D eigenvalue weighted by atomic mass is 16.5. The van der Waals surface area contributed by atoms with Crippen LogP contribution in [-0.4, -0.2) is 38.4 Å². The van der Waals surface area contributed by atoms with Crippen LogP contribution in [0.5, 0.6) is 0 Å². The lowest BCUT2D eigenvalue weighted by Crippen LogP contribution is -2.12. The zero-order chi connectivity index (χ0) is 17.6. The second kappa shape index (κ2) is 8.24. The smallest absolute Gasteiger partial charge is 0.145 e. The number of fused-ring (bicyclic) bond motifs is 2. The predicted molar refractivity (Wildman–Crippen MR) is 102 cm³/mol. The lowest BCUT2D eigenvalue weighted by atomic mass is 9.93. The molecule has 25 heavy (non-hydrogen) atoms. The molecule has 0 bridgehead atoms. The second-order valence-corrected chi connectivity index (χ2v) is 6.65. The Hall–Kier alpha value is -2.23. The first-order valence-corrected chi connectivity index (χ1v) is 8.78. The maximum Gasteiger partial charge on any atom is 0.145 e. The van der Waals surface area contributed by atoms with Gasteiger partial charge in [0.1, 0.15) is 12.9 Å². The molecule has 2 aromatic rings. The summed E-state index contributed by atoms with van der Waals surface area (Å²) in [5.74, 6) is 0. The van der Waals surface area contributed by atoms with E-state index in [0.29, 0.717) is 0 Å². The van der Waals surface area contributed by atoms with Crippen LogP contribution >= 0.6 is 0 Å². The van der Waals surface area contributed by atoms with E-state index in [1.54, 1.807) is 0 Å². The quantitative estimate of drug-likeness (QED) is 0.750. The molecule has 2 aromatic carbocycles. The summed E-state index contributed by atoms with van der Waals surface area (Å²) in [4.78, 5) is 13.0. The Morgan fingerprint density at radius 2 is 1.80 bits per heavy atom. The number of nitrogens with zero attached hydrogens (tertiary/aromatic N) is 1. The first-order chi connectivity index (χ1) is 12.2. The van der Waals surface area contributed by atoms with E-state index < -0.39 is 0 Å². The van der Waals surface area contributed by atoms with Crippen molar-refractivity contribution in [2.45, 2.75) is 18.9 Å². The summed E-state index contributed by atoms with van der Waals surface area (Å²) in [5, 5.41) is 0. The SMILES string of the molecule is CN(C)CCC=C1c2ccccc2C[C@@H](OCC=O)c2ccccc21. The third-order valence-electron chi connectivity index (χ3n) is 4.60. The van der Waals surface area contributed by atoms with Crippen molar-refractivity contribution in [1.82, 2.24) is 4.90 Å². The summed E-state index contributed by atoms with van der Waals surface area (Å²) in [6.07, 6.45) is 4.84. The molecule has 0 fully saturated rings. The van der Waals surface area contributed by atoms with Crippen LogP contribution in [0.1, 0.15) is 34.8 Å². The minimum atomic E-state index is -0.0951. The van der Waals surface area contributed by atoms with Crippen LogP contribution in [0, 0.1) is 0 Å². The molecule has 3 heteroatoms. The van der Waals surface area contributed by atoms with Crippen molar-refractivity contribution in [2.24, 2.45) is 0 Å². The van der Waals surface area contributed by atoms with Crippen LogP contribution < -0.4 is 0 Å². The van der Waals surface area contributed by atoms with E-state index in [-0.39, 0.29) is 12.7 Å². The predicted octanol–water partition coefficient (Wildman–Crippen LogP) is 3.88. The van der Waals surface area contributed by atoms with Crippen molar-refractivity contribution < 1.29 is 9.53 Å². The van der Waals surface area contributed by atoms with Gasteiger partial charge in [0, 0.05) is 13.0 Å². The molecular weight excluding hydrogens is 310 g/mol. The van der Waals surface area contributed by atoms with Gasteiger partial charge < -0.3 is 14.4 Å². The summed E-state index contributed by atoms with van der Waals surface area (Å²) in [5.41, 5.74) is 6.18. The van der Waals surface area contributed by atoms with E-state index in [2.05, 4.69) is 67.5 Å². The third kappa shape index (κ3) is 4.06. The molecule has 0 saturated heterocycles. The standard InChI is InChI=1S/C22H25NO2/c1-23(2)13-7-12-19-18-9-4-3-8-17(18)16-22(25-15-14-24)21-11-6-5-10-20(19)21/h3-6,8-12,14,22H,7,13,15-16H2,1-2H3/t22-/m1/s1. The summed E-state index contributed by atoms with van der Waals surface area (Å²) in [6.45, 7) is 1.14. The van der Waals surface area contributed by atoms with E-state index in [4.69, 9.17) is 4.74 Å². The van der Waals surface area contributed by atoms with Gasteiger partial charge in [0.2, 0.25) is 0 Å². The van der Waals surface area contributed by atoms with Crippen molar-refractivity contribution in [3.8, 4) is 0 Å². The first-order valence-electron chi connectivity index (χ1n) is 8.78. The van der Waals surface area contributed by atoms with Crippen LogP contribution in [0.3, 0.4) is 0 Å². The molecule has 1 atom stereocenters. The minimum absolute atomic E-state index is 0.0951. The zero-order valence-electron chi connectivity index (χ0n) is 14.9. The second-order valence-electron chi connectivity index (χ2n) is 6.65. The average molecular weight is 335 g/mol. The lowest BCUT2D eigenvalue weighted by Gasteiger charge is -2.17. The molecule has 0 radical (unpaired) electrons. The van der Waals surface area contributed by atoms with Gasteiger partial charge in [-0.15, -0.1) is 0 Å². The van der Waals surface area contributed by atoms with Crippen molar-refractivity contribution in [3.05, 3.63) is 76.9 Å². The van der Waals surface area contributed by atoms with Crippen molar-refractivity contribution in [2.75, 3.05) is 27.2 Å². The number of benzene rings is 2. The minimum Gasteiger partial charge on any atom is -0.366 e. The molecule has 1 aliphatic carbocycles. The molecular formula is C22H25NO2. The number of carbonyl (C=O) groups is 1. The molecule has 0 heterocycles. The normalized spacial score (nSPS) is 17.9. The van der Waals surface area contributed by atoms with Crippen LogP contribution in [0.25, 0.3) is 5.57 Å². The number of hydrogen-bond donors (Lipinski definition) is 0. The van der Waals surface area contributed by atoms with Crippen molar-refractivity contribution in [1.29, 1.82) is 0 Å². The monoisotopic (exact) mass is 335 g/mol. The molecule has 0 aliphatic heterocycles. The van der Waals surface area contributed by atoms with E-state index in [1.165, 1.54) is 22.3 Å². The summed E-state index contributed by atoms with van der Waals surface area (Å²) in [6, 6.07) is 16.9. The zero-order valence-corrected chi connectivity index (χ0v) is 14.9. The highest BCUT2D eigenvalue weighted by molar-refractivity contribution is 5.84. The third-order valence-corrected chi connectivity index (χ3v) is 4.60. The van der Waals surface area contributed by atoms with E-state index >= 15 is 0 Å². The van der Waals surface area contributed by atoms with Crippen LogP contribution in [0.4, 0.5) is 0 Å². The van der Waals surface area contributed by atoms with Gasteiger partial charge in [-0.05, 0) is 48.3 Å². The van der Waals surface area contributed by atoms with Gasteiger partial charge in [-0.25, -0.2) is 0 Å². The van der Waals surface area contributed by atoms with Gasteiger partial charge >= 0.3 is 0 Å². The molecule has 0 saturated carbocycles. The van der Waals surface area contributed by atoms with Crippen LogP contribution in [-0.2, 0) is 16.0 Å². The number of ether oxygens (including phenoxy) is 1. The first kappa shape index (κ1) is 17.6. The number of hydrogen-bond acceptors (Lipinski definition) is 3. The Kier molecular flexibility index (Phi) is 5.79. The molecule has 0 aromatic heterocycles. The largest absolute Gasteiger partial charge is 0.366 e. The molecule has 0 amide bonds. The lowest BCUT2D eigenvalue weighted by molar-refractivity contribution is -0.113. The van der Waals surface area contributed by atoms with Crippen LogP contribution in [0.15, 0.2) is 54.6 Å². The van der Waals surface area contributed by atoms with E-state index in [1.807, 2.05) is 6.07 Å². The van der Waals surface area contributed by atoms with Crippen molar-refractivity contribution in [3.63, 3.8) is 0 Å².